The van der Waals surface area contributed by atoms with E-state index in [0.29, 0.717) is 43.9 Å². The molecule has 4 heterocycles. The third kappa shape index (κ3) is 5.20. The summed E-state index contributed by atoms with van der Waals surface area (Å²) in [5.74, 6) is 0.411. The van der Waals surface area contributed by atoms with Crippen LogP contribution < -0.4 is 10.9 Å². The van der Waals surface area contributed by atoms with Gasteiger partial charge in [0.05, 0.1) is 11.6 Å². The lowest BCUT2D eigenvalue weighted by molar-refractivity contribution is 0.0267. The van der Waals surface area contributed by atoms with Gasteiger partial charge in [-0.15, -0.1) is 0 Å². The minimum Gasteiger partial charge on any atom is -0.388 e. The summed E-state index contributed by atoms with van der Waals surface area (Å²) in [6.07, 6.45) is 6.80. The van der Waals surface area contributed by atoms with Gasteiger partial charge in [0.25, 0.3) is 5.56 Å². The van der Waals surface area contributed by atoms with Crippen LogP contribution in [0.1, 0.15) is 57.9 Å². The topological polar surface area (TPSA) is 121 Å². The molecule has 36 heavy (non-hydrogen) atoms. The number of aliphatic hydroxyl groups is 1. The minimum atomic E-state index is -3.42. The van der Waals surface area contributed by atoms with Gasteiger partial charge in [0, 0.05) is 55.3 Å². The lowest BCUT2D eigenvalue weighted by Gasteiger charge is -2.31. The summed E-state index contributed by atoms with van der Waals surface area (Å²) in [6, 6.07) is 2.92. The van der Waals surface area contributed by atoms with E-state index in [9.17, 15) is 18.3 Å². The van der Waals surface area contributed by atoms with E-state index in [4.69, 9.17) is 0 Å². The zero-order valence-electron chi connectivity index (χ0n) is 21.1. The molecule has 0 radical (unpaired) electrons. The number of anilines is 1. The van der Waals surface area contributed by atoms with Crippen LogP contribution in [0.2, 0.25) is 0 Å². The van der Waals surface area contributed by atoms with Gasteiger partial charge in [0.15, 0.2) is 0 Å². The van der Waals surface area contributed by atoms with Crippen molar-refractivity contribution in [3.63, 3.8) is 0 Å². The lowest BCUT2D eigenvalue weighted by atomic mass is 10.00. The van der Waals surface area contributed by atoms with Gasteiger partial charge < -0.3 is 15.3 Å². The van der Waals surface area contributed by atoms with Crippen LogP contribution in [0, 0.1) is 0 Å². The minimum absolute atomic E-state index is 0.0309. The van der Waals surface area contributed by atoms with Crippen molar-refractivity contribution in [2.24, 2.45) is 0 Å². The number of hydrogen-bond acceptors (Lipinski definition) is 8. The highest BCUT2D eigenvalue weighted by Crippen LogP contribution is 2.39. The fraction of sp³-hybridized carbons (Fsp3) is 0.640. The quantitative estimate of drug-likeness (QED) is 0.620. The first-order valence-corrected chi connectivity index (χ1v) is 14.4. The second-order valence-electron chi connectivity index (χ2n) is 10.7. The predicted octanol–water partition coefficient (Wildman–Crippen LogP) is 2.08. The highest BCUT2D eigenvalue weighted by molar-refractivity contribution is 7.92. The second kappa shape index (κ2) is 9.85. The summed E-state index contributed by atoms with van der Waals surface area (Å²) in [4.78, 5) is 24.1. The summed E-state index contributed by atoms with van der Waals surface area (Å²) in [6.45, 7) is 4.44. The van der Waals surface area contributed by atoms with Crippen LogP contribution in [0.4, 0.5) is 5.95 Å². The van der Waals surface area contributed by atoms with Crippen molar-refractivity contribution >= 4 is 27.0 Å². The molecule has 2 aromatic rings. The highest BCUT2D eigenvalue weighted by Gasteiger charge is 2.39. The number of nitrogens with one attached hydrogen (secondary N) is 1. The molecule has 0 amide bonds. The third-order valence-electron chi connectivity index (χ3n) is 7.95. The first kappa shape index (κ1) is 25.3. The summed E-state index contributed by atoms with van der Waals surface area (Å²) < 4.78 is 29.0. The van der Waals surface area contributed by atoms with Crippen molar-refractivity contribution in [1.82, 2.24) is 23.7 Å². The molecule has 2 aromatic heterocycles. The Morgan fingerprint density at radius 1 is 1.14 bits per heavy atom. The van der Waals surface area contributed by atoms with Crippen molar-refractivity contribution in [2.75, 3.05) is 38.5 Å². The molecule has 5 rings (SSSR count). The third-order valence-corrected chi connectivity index (χ3v) is 9.67. The molecule has 2 N–H and O–H groups in total. The smallest absolute Gasteiger partial charge is 0.252 e. The zero-order valence-corrected chi connectivity index (χ0v) is 21.9. The molecule has 0 spiro atoms. The Bertz CT molecular complexity index is 1300. The maximum atomic E-state index is 12.9. The molecule has 10 nitrogen and oxygen atoms in total. The largest absolute Gasteiger partial charge is 0.388 e. The van der Waals surface area contributed by atoms with Crippen molar-refractivity contribution < 1.29 is 13.5 Å². The molecule has 1 saturated carbocycles. The van der Waals surface area contributed by atoms with Gasteiger partial charge in [-0.25, -0.2) is 13.4 Å². The fourth-order valence-corrected chi connectivity index (χ4v) is 7.22. The van der Waals surface area contributed by atoms with Crippen LogP contribution in [0.3, 0.4) is 0 Å². The highest BCUT2D eigenvalue weighted by atomic mass is 32.2. The maximum absolute atomic E-state index is 12.9. The summed E-state index contributed by atoms with van der Waals surface area (Å²) in [5, 5.41) is 16.4. The Balaban J connectivity index is 1.28. The Morgan fingerprint density at radius 3 is 2.53 bits per heavy atom. The molecular formula is C25H36N6O4S. The van der Waals surface area contributed by atoms with Crippen molar-refractivity contribution in [3.8, 4) is 0 Å². The van der Waals surface area contributed by atoms with Gasteiger partial charge in [-0.2, -0.15) is 9.29 Å². The Labute approximate surface area is 212 Å². The van der Waals surface area contributed by atoms with Gasteiger partial charge in [-0.1, -0.05) is 5.57 Å². The Morgan fingerprint density at radius 2 is 1.86 bits per heavy atom. The van der Waals surface area contributed by atoms with Crippen LogP contribution in [0.25, 0.3) is 11.0 Å². The number of hydrogen-bond donors (Lipinski definition) is 2. The van der Waals surface area contributed by atoms with Gasteiger partial charge in [-0.05, 0) is 65.0 Å². The molecule has 3 fully saturated rings. The van der Waals surface area contributed by atoms with E-state index >= 15 is 0 Å². The monoisotopic (exact) mass is 516 g/mol. The number of sulfonamides is 1. The summed E-state index contributed by atoms with van der Waals surface area (Å²) in [7, 11) is -1.37. The van der Waals surface area contributed by atoms with Crippen molar-refractivity contribution in [3.05, 3.63) is 39.7 Å². The fourth-order valence-electron chi connectivity index (χ4n) is 5.69. The van der Waals surface area contributed by atoms with E-state index in [1.165, 1.54) is 11.5 Å². The van der Waals surface area contributed by atoms with Gasteiger partial charge in [0.2, 0.25) is 16.0 Å². The molecule has 11 heteroatoms. The van der Waals surface area contributed by atoms with E-state index in [-0.39, 0.29) is 17.6 Å². The summed E-state index contributed by atoms with van der Waals surface area (Å²) >= 11 is 0. The number of aromatic nitrogens is 3. The second-order valence-corrected chi connectivity index (χ2v) is 12.5. The van der Waals surface area contributed by atoms with Crippen LogP contribution in [-0.2, 0) is 10.0 Å². The van der Waals surface area contributed by atoms with E-state index in [2.05, 4.69) is 27.2 Å². The molecule has 2 saturated heterocycles. The van der Waals surface area contributed by atoms with E-state index < -0.39 is 15.6 Å². The van der Waals surface area contributed by atoms with Gasteiger partial charge in [-0.3, -0.25) is 9.36 Å². The number of pyridine rings is 1. The standard InChI is InChI=1S/C25H36N6O4S/c1-25(33)11-3-4-21(25)31-22(32)6-5-19-16-26-24(28-23(19)31)27-20-9-14-30(15-10-20)36(34,35)17-18-7-12-29(2)13-8-18/h5-6,16-17,20-21,33H,3-4,7-15H2,1-2H3,(H,26,27,28)/t21-,25-/m1/s1. The number of rotatable bonds is 5. The average molecular weight is 517 g/mol. The van der Waals surface area contributed by atoms with Crippen molar-refractivity contribution in [2.45, 2.75) is 69.6 Å². The van der Waals surface area contributed by atoms with Crippen LogP contribution in [0.15, 0.2) is 34.1 Å². The van der Waals surface area contributed by atoms with Gasteiger partial charge >= 0.3 is 0 Å². The number of likely N-dealkylation sites (tertiary alicyclic amines) is 1. The molecule has 0 aromatic carbocycles. The first-order chi connectivity index (χ1) is 17.1. The Hall–Kier alpha value is -2.34. The van der Waals surface area contributed by atoms with Crippen LogP contribution >= 0.6 is 0 Å². The van der Waals surface area contributed by atoms with Crippen LogP contribution in [0.5, 0.6) is 0 Å². The van der Waals surface area contributed by atoms with Gasteiger partial charge in [0.1, 0.15) is 5.65 Å². The molecule has 1 aliphatic carbocycles. The maximum Gasteiger partial charge on any atom is 0.252 e. The first-order valence-electron chi connectivity index (χ1n) is 12.9. The predicted molar refractivity (Wildman–Crippen MR) is 139 cm³/mol. The zero-order chi connectivity index (χ0) is 25.5. The molecule has 0 bridgehead atoms. The molecule has 0 unspecified atom stereocenters. The lowest BCUT2D eigenvalue weighted by Crippen LogP contribution is -2.42. The average Bonchev–Trinajstić information content (AvgIpc) is 3.19. The van der Waals surface area contributed by atoms with Crippen molar-refractivity contribution in [1.29, 1.82) is 0 Å². The van der Waals surface area contributed by atoms with E-state index in [1.54, 1.807) is 28.1 Å². The molecular weight excluding hydrogens is 480 g/mol. The SMILES string of the molecule is CN1CCC(=CS(=O)(=O)N2CCC(Nc3ncc4ccc(=O)n([C@@H]5CCC[C@@]5(C)O)c4n3)CC2)CC1. The Kier molecular flexibility index (Phi) is 6.92. The number of fused-ring (bicyclic) bond motifs is 1. The number of piperidine rings is 2. The van der Waals surface area contributed by atoms with E-state index in [1.807, 2.05) is 0 Å². The normalized spacial score (nSPS) is 27.0. The van der Waals surface area contributed by atoms with Crippen LogP contribution in [-0.4, -0.2) is 82.1 Å². The molecule has 3 aliphatic rings. The molecule has 2 aliphatic heterocycles. The molecule has 2 atom stereocenters. The summed E-state index contributed by atoms with van der Waals surface area (Å²) in [5.41, 5.74) is 0.372. The molecule has 196 valence electrons. The van der Waals surface area contributed by atoms with E-state index in [0.717, 1.165) is 49.7 Å². The number of nitrogens with zero attached hydrogens (tertiary/aromatic N) is 5.